The van der Waals surface area contributed by atoms with E-state index in [1.54, 1.807) is 7.11 Å². The fourth-order valence-electron chi connectivity index (χ4n) is 1.28. The zero-order valence-corrected chi connectivity index (χ0v) is 9.62. The van der Waals surface area contributed by atoms with Gasteiger partial charge in [-0.2, -0.15) is 0 Å². The van der Waals surface area contributed by atoms with Crippen LogP contribution in [0.15, 0.2) is 24.3 Å². The summed E-state index contributed by atoms with van der Waals surface area (Å²) in [6.07, 6.45) is 0. The van der Waals surface area contributed by atoms with Crippen molar-refractivity contribution in [2.45, 2.75) is 13.0 Å². The summed E-state index contributed by atoms with van der Waals surface area (Å²) in [6.45, 7) is 3.33. The van der Waals surface area contributed by atoms with Crippen molar-refractivity contribution in [2.75, 3.05) is 27.4 Å². The van der Waals surface area contributed by atoms with Crippen LogP contribution in [0.3, 0.4) is 0 Å². The Kier molecular flexibility index (Phi) is 5.15. The normalized spacial score (nSPS) is 12.5. The summed E-state index contributed by atoms with van der Waals surface area (Å²) in [5, 5.41) is 3.20. The van der Waals surface area contributed by atoms with Crippen LogP contribution in [0.5, 0.6) is 5.75 Å². The Morgan fingerprint density at radius 3 is 2.80 bits per heavy atom. The summed E-state index contributed by atoms with van der Waals surface area (Å²) in [5.74, 6) is 0.895. The van der Waals surface area contributed by atoms with Crippen LogP contribution in [-0.4, -0.2) is 27.4 Å². The minimum Gasteiger partial charge on any atom is -0.491 e. The van der Waals surface area contributed by atoms with Crippen LogP contribution in [-0.2, 0) is 4.74 Å². The third-order valence-electron chi connectivity index (χ3n) is 2.35. The van der Waals surface area contributed by atoms with E-state index < -0.39 is 0 Å². The molecule has 1 rings (SSSR count). The molecule has 1 atom stereocenters. The maximum atomic E-state index is 5.53. The number of hydrogen-bond acceptors (Lipinski definition) is 3. The van der Waals surface area contributed by atoms with Crippen molar-refractivity contribution in [3.8, 4) is 5.75 Å². The van der Waals surface area contributed by atoms with Gasteiger partial charge < -0.3 is 14.8 Å². The van der Waals surface area contributed by atoms with Crippen LogP contribution in [0.4, 0.5) is 0 Å². The highest BCUT2D eigenvalue weighted by Crippen LogP contribution is 2.18. The van der Waals surface area contributed by atoms with Crippen molar-refractivity contribution >= 4 is 0 Å². The van der Waals surface area contributed by atoms with Crippen molar-refractivity contribution in [3.05, 3.63) is 29.8 Å². The smallest absolute Gasteiger partial charge is 0.119 e. The van der Waals surface area contributed by atoms with Crippen LogP contribution in [0.25, 0.3) is 0 Å². The van der Waals surface area contributed by atoms with Crippen molar-refractivity contribution in [3.63, 3.8) is 0 Å². The summed E-state index contributed by atoms with van der Waals surface area (Å²) < 4.78 is 10.5. The van der Waals surface area contributed by atoms with E-state index in [2.05, 4.69) is 24.4 Å². The molecule has 3 heteroatoms. The molecule has 0 saturated carbocycles. The molecule has 84 valence electrons. The molecular weight excluding hydrogens is 190 g/mol. The van der Waals surface area contributed by atoms with Crippen LogP contribution >= 0.6 is 0 Å². The molecule has 15 heavy (non-hydrogen) atoms. The van der Waals surface area contributed by atoms with Crippen molar-refractivity contribution < 1.29 is 9.47 Å². The first kappa shape index (κ1) is 12.0. The Morgan fingerprint density at radius 1 is 1.33 bits per heavy atom. The van der Waals surface area contributed by atoms with Gasteiger partial charge in [-0.05, 0) is 31.7 Å². The second-order valence-electron chi connectivity index (χ2n) is 3.42. The van der Waals surface area contributed by atoms with Gasteiger partial charge >= 0.3 is 0 Å². The lowest BCUT2D eigenvalue weighted by atomic mass is 10.1. The summed E-state index contributed by atoms with van der Waals surface area (Å²) in [7, 11) is 3.62. The average molecular weight is 209 g/mol. The monoisotopic (exact) mass is 209 g/mol. The lowest BCUT2D eigenvalue weighted by molar-refractivity contribution is 0.146. The molecule has 1 N–H and O–H groups in total. The summed E-state index contributed by atoms with van der Waals surface area (Å²) in [4.78, 5) is 0. The predicted octanol–water partition coefficient (Wildman–Crippen LogP) is 1.99. The quantitative estimate of drug-likeness (QED) is 0.727. The molecule has 0 aliphatic rings. The first-order valence-corrected chi connectivity index (χ1v) is 5.17. The minimum atomic E-state index is 0.343. The highest BCUT2D eigenvalue weighted by Gasteiger charge is 2.03. The molecule has 0 aliphatic carbocycles. The highest BCUT2D eigenvalue weighted by molar-refractivity contribution is 5.30. The maximum absolute atomic E-state index is 5.53. The third kappa shape index (κ3) is 3.90. The van der Waals surface area contributed by atoms with Gasteiger partial charge in [0, 0.05) is 13.2 Å². The highest BCUT2D eigenvalue weighted by atomic mass is 16.5. The third-order valence-corrected chi connectivity index (χ3v) is 2.35. The second-order valence-corrected chi connectivity index (χ2v) is 3.42. The SMILES string of the molecule is CNC(C)c1cccc(OCCOC)c1. The van der Waals surface area contributed by atoms with Crippen LogP contribution in [0.1, 0.15) is 18.5 Å². The minimum absolute atomic E-state index is 0.343. The predicted molar refractivity (Wildman–Crippen MR) is 61.3 cm³/mol. The van der Waals surface area contributed by atoms with E-state index in [-0.39, 0.29) is 0 Å². The molecular formula is C12H19NO2. The summed E-state index contributed by atoms with van der Waals surface area (Å²) in [5.41, 5.74) is 1.23. The molecule has 0 saturated heterocycles. The lowest BCUT2D eigenvalue weighted by Gasteiger charge is -2.12. The van der Waals surface area contributed by atoms with Gasteiger partial charge in [0.25, 0.3) is 0 Å². The summed E-state index contributed by atoms with van der Waals surface area (Å²) >= 11 is 0. The van der Waals surface area contributed by atoms with Gasteiger partial charge in [-0.1, -0.05) is 12.1 Å². The second kappa shape index (κ2) is 6.43. The topological polar surface area (TPSA) is 30.5 Å². The van der Waals surface area contributed by atoms with Gasteiger partial charge in [-0.25, -0.2) is 0 Å². The largest absolute Gasteiger partial charge is 0.491 e. The molecule has 1 aromatic rings. The molecule has 1 unspecified atom stereocenters. The fraction of sp³-hybridized carbons (Fsp3) is 0.500. The first-order valence-electron chi connectivity index (χ1n) is 5.17. The number of nitrogens with one attached hydrogen (secondary N) is 1. The van der Waals surface area contributed by atoms with E-state index in [4.69, 9.17) is 9.47 Å². The number of ether oxygens (including phenoxy) is 2. The van der Waals surface area contributed by atoms with Crippen molar-refractivity contribution in [1.29, 1.82) is 0 Å². The van der Waals surface area contributed by atoms with Gasteiger partial charge in [0.2, 0.25) is 0 Å². The Hall–Kier alpha value is -1.06. The van der Waals surface area contributed by atoms with Crippen LogP contribution in [0, 0.1) is 0 Å². The molecule has 0 fully saturated rings. The maximum Gasteiger partial charge on any atom is 0.119 e. The molecule has 0 amide bonds. The van der Waals surface area contributed by atoms with Gasteiger partial charge in [-0.15, -0.1) is 0 Å². The van der Waals surface area contributed by atoms with E-state index in [1.165, 1.54) is 5.56 Å². The van der Waals surface area contributed by atoms with E-state index in [1.807, 2.05) is 19.2 Å². The summed E-state index contributed by atoms with van der Waals surface area (Å²) in [6, 6.07) is 8.45. The van der Waals surface area contributed by atoms with Crippen LogP contribution in [0.2, 0.25) is 0 Å². The molecule has 3 nitrogen and oxygen atoms in total. The fourth-order valence-corrected chi connectivity index (χ4v) is 1.28. The number of hydrogen-bond donors (Lipinski definition) is 1. The molecule has 0 bridgehead atoms. The zero-order valence-electron chi connectivity index (χ0n) is 9.62. The Bertz CT molecular complexity index is 289. The number of rotatable bonds is 6. The van der Waals surface area contributed by atoms with Gasteiger partial charge in [0.05, 0.1) is 6.61 Å². The van der Waals surface area contributed by atoms with Crippen LogP contribution < -0.4 is 10.1 Å². The van der Waals surface area contributed by atoms with Crippen molar-refractivity contribution in [2.24, 2.45) is 0 Å². The van der Waals surface area contributed by atoms with E-state index in [9.17, 15) is 0 Å². The Balaban J connectivity index is 2.57. The Labute approximate surface area is 91.4 Å². The molecule has 0 aliphatic heterocycles. The average Bonchev–Trinajstić information content (AvgIpc) is 2.29. The zero-order chi connectivity index (χ0) is 11.1. The Morgan fingerprint density at radius 2 is 2.13 bits per heavy atom. The van der Waals surface area contributed by atoms with E-state index in [0.717, 1.165) is 5.75 Å². The molecule has 0 aromatic heterocycles. The van der Waals surface area contributed by atoms with E-state index >= 15 is 0 Å². The molecule has 1 aromatic carbocycles. The number of methoxy groups -OCH3 is 1. The standard InChI is InChI=1S/C12H19NO2/c1-10(13-2)11-5-4-6-12(9-11)15-8-7-14-3/h4-6,9-10,13H,7-8H2,1-3H3. The lowest BCUT2D eigenvalue weighted by Crippen LogP contribution is -2.12. The first-order chi connectivity index (χ1) is 7.27. The number of benzene rings is 1. The van der Waals surface area contributed by atoms with Gasteiger partial charge in [0.15, 0.2) is 0 Å². The van der Waals surface area contributed by atoms with Gasteiger partial charge in [-0.3, -0.25) is 0 Å². The molecule has 0 heterocycles. The molecule has 0 radical (unpaired) electrons. The van der Waals surface area contributed by atoms with E-state index in [0.29, 0.717) is 19.3 Å². The van der Waals surface area contributed by atoms with Crippen molar-refractivity contribution in [1.82, 2.24) is 5.32 Å². The van der Waals surface area contributed by atoms with Gasteiger partial charge in [0.1, 0.15) is 12.4 Å². The molecule has 0 spiro atoms.